The summed E-state index contributed by atoms with van der Waals surface area (Å²) in [7, 11) is 3.09. The number of methoxy groups -OCH3 is 1. The summed E-state index contributed by atoms with van der Waals surface area (Å²) in [5.74, 6) is 0.519. The molecule has 2 N–H and O–H groups in total. The number of rotatable bonds is 8. The Labute approximate surface area is 186 Å². The molecule has 3 aromatic rings. The lowest BCUT2D eigenvalue weighted by molar-refractivity contribution is 0.0948. The smallest absolute Gasteiger partial charge is 0.251 e. The van der Waals surface area contributed by atoms with Gasteiger partial charge in [0.1, 0.15) is 6.61 Å². The first-order valence-electron chi connectivity index (χ1n) is 9.65. The van der Waals surface area contributed by atoms with E-state index >= 15 is 0 Å². The minimum absolute atomic E-state index is 0.176. The molecule has 160 valence electrons. The van der Waals surface area contributed by atoms with E-state index in [1.807, 2.05) is 24.3 Å². The van der Waals surface area contributed by atoms with Gasteiger partial charge in [-0.25, -0.2) is 0 Å². The minimum atomic E-state index is -0.263. The maximum atomic E-state index is 12.6. The Balaban J connectivity index is 1.65. The first-order valence-corrected chi connectivity index (χ1v) is 10.0. The molecule has 0 saturated carbocycles. The molecule has 0 saturated heterocycles. The van der Waals surface area contributed by atoms with Crippen molar-refractivity contribution in [2.75, 3.05) is 14.2 Å². The van der Waals surface area contributed by atoms with Gasteiger partial charge < -0.3 is 20.1 Å². The van der Waals surface area contributed by atoms with Crippen LogP contribution in [0.5, 0.6) is 11.5 Å². The largest absolute Gasteiger partial charge is 0.493 e. The minimum Gasteiger partial charge on any atom is -0.493 e. The summed E-state index contributed by atoms with van der Waals surface area (Å²) in [5, 5.41) is 6.06. The van der Waals surface area contributed by atoms with E-state index in [9.17, 15) is 9.59 Å². The molecule has 0 aliphatic carbocycles. The highest BCUT2D eigenvalue weighted by atomic mass is 35.5. The second kappa shape index (κ2) is 10.5. The Kier molecular flexibility index (Phi) is 7.51. The Hall–Kier alpha value is -3.51. The van der Waals surface area contributed by atoms with Crippen LogP contribution in [0.2, 0.25) is 5.02 Å². The zero-order chi connectivity index (χ0) is 22.2. The van der Waals surface area contributed by atoms with Crippen LogP contribution < -0.4 is 20.1 Å². The molecule has 0 atom stereocenters. The second-order valence-electron chi connectivity index (χ2n) is 6.71. The highest BCUT2D eigenvalue weighted by molar-refractivity contribution is 6.31. The van der Waals surface area contributed by atoms with Crippen molar-refractivity contribution in [2.24, 2.45) is 0 Å². The first kappa shape index (κ1) is 22.2. The van der Waals surface area contributed by atoms with Crippen LogP contribution in [0.15, 0.2) is 66.7 Å². The van der Waals surface area contributed by atoms with Gasteiger partial charge >= 0.3 is 0 Å². The fourth-order valence-corrected chi connectivity index (χ4v) is 3.14. The molecular weight excluding hydrogens is 416 g/mol. The van der Waals surface area contributed by atoms with Gasteiger partial charge in [0.25, 0.3) is 11.8 Å². The fraction of sp³-hybridized carbons (Fsp3) is 0.167. The van der Waals surface area contributed by atoms with Gasteiger partial charge in [0.05, 0.1) is 7.11 Å². The Morgan fingerprint density at radius 2 is 1.68 bits per heavy atom. The number of halogens is 1. The van der Waals surface area contributed by atoms with Gasteiger partial charge in [0, 0.05) is 35.3 Å². The van der Waals surface area contributed by atoms with Gasteiger partial charge in [-0.05, 0) is 42.0 Å². The van der Waals surface area contributed by atoms with Crippen molar-refractivity contribution in [3.63, 3.8) is 0 Å². The summed E-state index contributed by atoms with van der Waals surface area (Å²) in [6.07, 6.45) is 0. The molecule has 0 aliphatic rings. The summed E-state index contributed by atoms with van der Waals surface area (Å²) >= 11 is 6.17. The topological polar surface area (TPSA) is 76.7 Å². The van der Waals surface area contributed by atoms with E-state index in [0.717, 1.165) is 11.1 Å². The summed E-state index contributed by atoms with van der Waals surface area (Å²) < 4.78 is 11.2. The second-order valence-corrected chi connectivity index (χ2v) is 7.12. The van der Waals surface area contributed by atoms with Crippen LogP contribution in [0.25, 0.3) is 0 Å². The Morgan fingerprint density at radius 1 is 0.903 bits per heavy atom. The molecule has 0 spiro atoms. The van der Waals surface area contributed by atoms with Crippen molar-refractivity contribution < 1.29 is 19.1 Å². The first-order chi connectivity index (χ1) is 15.0. The maximum Gasteiger partial charge on any atom is 0.251 e. The van der Waals surface area contributed by atoms with Gasteiger partial charge in [0.2, 0.25) is 0 Å². The van der Waals surface area contributed by atoms with E-state index < -0.39 is 0 Å². The van der Waals surface area contributed by atoms with Crippen LogP contribution in [-0.2, 0) is 13.2 Å². The molecule has 2 amide bonds. The van der Waals surface area contributed by atoms with E-state index in [0.29, 0.717) is 27.6 Å². The molecular formula is C24H23ClN2O4. The highest BCUT2D eigenvalue weighted by Gasteiger charge is 2.12. The molecule has 0 aromatic heterocycles. The van der Waals surface area contributed by atoms with Gasteiger partial charge in [-0.1, -0.05) is 41.9 Å². The quantitative estimate of drug-likeness (QED) is 0.552. The maximum absolute atomic E-state index is 12.6. The van der Waals surface area contributed by atoms with Crippen molar-refractivity contribution in [1.29, 1.82) is 0 Å². The van der Waals surface area contributed by atoms with Crippen LogP contribution in [-0.4, -0.2) is 26.0 Å². The number of nitrogens with one attached hydrogen (secondary N) is 2. The summed E-state index contributed by atoms with van der Waals surface area (Å²) in [4.78, 5) is 24.4. The molecule has 6 nitrogen and oxygen atoms in total. The van der Waals surface area contributed by atoms with E-state index in [4.69, 9.17) is 21.1 Å². The molecule has 0 bridgehead atoms. The number of carbonyl (C=O) groups is 2. The Bertz CT molecular complexity index is 1080. The van der Waals surface area contributed by atoms with Crippen LogP contribution >= 0.6 is 11.6 Å². The van der Waals surface area contributed by atoms with Crippen molar-refractivity contribution in [1.82, 2.24) is 10.6 Å². The predicted octanol–water partition coefficient (Wildman–Crippen LogP) is 4.22. The molecule has 0 aliphatic heterocycles. The van der Waals surface area contributed by atoms with Gasteiger partial charge in [-0.3, -0.25) is 9.59 Å². The molecule has 0 radical (unpaired) electrons. The third-order valence-electron chi connectivity index (χ3n) is 4.64. The molecule has 0 heterocycles. The van der Waals surface area contributed by atoms with Crippen LogP contribution in [0.3, 0.4) is 0 Å². The third kappa shape index (κ3) is 5.77. The normalized spacial score (nSPS) is 10.3. The van der Waals surface area contributed by atoms with Crippen molar-refractivity contribution in [2.45, 2.75) is 13.2 Å². The van der Waals surface area contributed by atoms with Crippen LogP contribution in [0.4, 0.5) is 0 Å². The zero-order valence-electron chi connectivity index (χ0n) is 17.3. The summed E-state index contributed by atoms with van der Waals surface area (Å²) in [6, 6.07) is 19.5. The molecule has 7 heteroatoms. The lowest BCUT2D eigenvalue weighted by Crippen LogP contribution is -2.23. The number of carbonyl (C=O) groups excluding carboxylic acids is 2. The molecule has 0 unspecified atom stereocenters. The van der Waals surface area contributed by atoms with Crippen molar-refractivity contribution in [3.05, 3.63) is 94.0 Å². The van der Waals surface area contributed by atoms with E-state index in [1.54, 1.807) is 49.5 Å². The van der Waals surface area contributed by atoms with Gasteiger partial charge in [-0.2, -0.15) is 0 Å². The number of amides is 2. The monoisotopic (exact) mass is 438 g/mol. The average molecular weight is 439 g/mol. The number of hydrogen-bond acceptors (Lipinski definition) is 4. The van der Waals surface area contributed by atoms with Crippen molar-refractivity contribution >= 4 is 23.4 Å². The lowest BCUT2D eigenvalue weighted by atomic mass is 10.1. The third-order valence-corrected chi connectivity index (χ3v) is 5.00. The zero-order valence-corrected chi connectivity index (χ0v) is 18.0. The van der Waals surface area contributed by atoms with E-state index in [2.05, 4.69) is 10.6 Å². The number of hydrogen-bond donors (Lipinski definition) is 2. The van der Waals surface area contributed by atoms with Crippen LogP contribution in [0, 0.1) is 0 Å². The fourth-order valence-electron chi connectivity index (χ4n) is 2.95. The van der Waals surface area contributed by atoms with E-state index in [-0.39, 0.29) is 25.0 Å². The lowest BCUT2D eigenvalue weighted by Gasteiger charge is -2.13. The molecule has 0 fully saturated rings. The molecule has 3 rings (SSSR count). The van der Waals surface area contributed by atoms with Gasteiger partial charge in [-0.15, -0.1) is 0 Å². The predicted molar refractivity (Wildman–Crippen MR) is 120 cm³/mol. The van der Waals surface area contributed by atoms with E-state index in [1.165, 1.54) is 7.11 Å². The Morgan fingerprint density at radius 3 is 2.42 bits per heavy atom. The van der Waals surface area contributed by atoms with Crippen LogP contribution in [0.1, 0.15) is 31.8 Å². The summed E-state index contributed by atoms with van der Waals surface area (Å²) in [6.45, 7) is 0.569. The number of benzene rings is 3. The molecule has 31 heavy (non-hydrogen) atoms. The van der Waals surface area contributed by atoms with Crippen molar-refractivity contribution in [3.8, 4) is 11.5 Å². The van der Waals surface area contributed by atoms with Gasteiger partial charge in [0.15, 0.2) is 11.5 Å². The summed E-state index contributed by atoms with van der Waals surface area (Å²) in [5.41, 5.74) is 2.65. The SMILES string of the molecule is CNC(=O)c1cccc(CNC(=O)c2ccc(OCc3ccccc3Cl)c(OC)c2)c1. The highest BCUT2D eigenvalue weighted by Crippen LogP contribution is 2.29. The standard InChI is InChI=1S/C24H23ClN2O4/c1-26-23(28)17-8-5-6-16(12-17)14-27-24(29)18-10-11-21(22(13-18)30-2)31-15-19-7-3-4-9-20(19)25/h3-13H,14-15H2,1-2H3,(H,26,28)(H,27,29). The average Bonchev–Trinajstić information content (AvgIpc) is 2.81. The number of ether oxygens (including phenoxy) is 2. The molecule has 3 aromatic carbocycles.